The fourth-order valence-electron chi connectivity index (χ4n) is 1.15. The zero-order valence-corrected chi connectivity index (χ0v) is 10.7. The maximum Gasteiger partial charge on any atom is 1.00 e. The monoisotopic (exact) mass is 226 g/mol. The largest absolute Gasteiger partial charge is 1.00 e. The standard InChI is InChI=1S/C9H8N4O2.Na/c14-9(15)8-5-13(6-12-8)4-7-3-10-1-2-11-7;/h1-3,5-6H,4H2,(H,14,15);/q;+1/p-1. The van der Waals surface area contributed by atoms with E-state index in [1.165, 1.54) is 12.5 Å². The summed E-state index contributed by atoms with van der Waals surface area (Å²) in [6, 6.07) is 0. The van der Waals surface area contributed by atoms with Crippen LogP contribution >= 0.6 is 0 Å². The minimum absolute atomic E-state index is 0. The first-order valence-corrected chi connectivity index (χ1v) is 4.24. The van der Waals surface area contributed by atoms with Crippen molar-refractivity contribution in [2.24, 2.45) is 0 Å². The molecule has 0 fully saturated rings. The Bertz CT molecular complexity index is 471. The van der Waals surface area contributed by atoms with Crippen LogP contribution < -0.4 is 34.7 Å². The van der Waals surface area contributed by atoms with Gasteiger partial charge in [0.05, 0.1) is 30.7 Å². The van der Waals surface area contributed by atoms with Crippen LogP contribution in [0.15, 0.2) is 31.1 Å². The van der Waals surface area contributed by atoms with Crippen molar-refractivity contribution in [3.63, 3.8) is 0 Å². The van der Waals surface area contributed by atoms with Gasteiger partial charge >= 0.3 is 29.6 Å². The number of imidazole rings is 1. The number of hydrogen-bond donors (Lipinski definition) is 0. The van der Waals surface area contributed by atoms with Crippen molar-refractivity contribution in [1.82, 2.24) is 19.5 Å². The number of carbonyl (C=O) groups excluding carboxylic acids is 1. The van der Waals surface area contributed by atoms with E-state index < -0.39 is 5.97 Å². The molecule has 0 unspecified atom stereocenters. The molecule has 2 aromatic heterocycles. The molecule has 0 aliphatic rings. The van der Waals surface area contributed by atoms with Crippen LogP contribution in [0.1, 0.15) is 16.2 Å². The summed E-state index contributed by atoms with van der Waals surface area (Å²) in [7, 11) is 0. The summed E-state index contributed by atoms with van der Waals surface area (Å²) >= 11 is 0. The van der Waals surface area contributed by atoms with Gasteiger partial charge in [-0.2, -0.15) is 0 Å². The number of rotatable bonds is 3. The minimum Gasteiger partial charge on any atom is -0.543 e. The Balaban J connectivity index is 0.00000128. The van der Waals surface area contributed by atoms with Gasteiger partial charge in [-0.25, -0.2) is 4.98 Å². The second kappa shape index (κ2) is 5.74. The first-order chi connectivity index (χ1) is 7.25. The predicted molar refractivity (Wildman–Crippen MR) is 47.7 cm³/mol. The molecule has 76 valence electrons. The van der Waals surface area contributed by atoms with Gasteiger partial charge < -0.3 is 14.5 Å². The molecular formula is C9H7N4NaO2. The summed E-state index contributed by atoms with van der Waals surface area (Å²) in [5.74, 6) is -1.28. The molecule has 0 aliphatic heterocycles. The molecule has 0 spiro atoms. The maximum absolute atomic E-state index is 10.5. The van der Waals surface area contributed by atoms with E-state index in [2.05, 4.69) is 15.0 Å². The van der Waals surface area contributed by atoms with E-state index >= 15 is 0 Å². The summed E-state index contributed by atoms with van der Waals surface area (Å²) in [4.78, 5) is 22.1. The van der Waals surface area contributed by atoms with Crippen LogP contribution in [-0.2, 0) is 6.54 Å². The van der Waals surface area contributed by atoms with Gasteiger partial charge in [-0.1, -0.05) is 0 Å². The van der Waals surface area contributed by atoms with Gasteiger partial charge in [0.1, 0.15) is 5.69 Å². The molecule has 7 heteroatoms. The Kier molecular flexibility index (Phi) is 4.60. The van der Waals surface area contributed by atoms with Gasteiger partial charge in [0.15, 0.2) is 0 Å². The fraction of sp³-hybridized carbons (Fsp3) is 0.111. The zero-order chi connectivity index (χ0) is 10.7. The molecule has 2 aromatic rings. The van der Waals surface area contributed by atoms with Gasteiger partial charge in [-0.3, -0.25) is 9.97 Å². The van der Waals surface area contributed by atoms with E-state index in [1.54, 1.807) is 23.2 Å². The van der Waals surface area contributed by atoms with E-state index in [1.807, 2.05) is 0 Å². The van der Waals surface area contributed by atoms with E-state index in [9.17, 15) is 9.90 Å². The van der Waals surface area contributed by atoms with E-state index in [4.69, 9.17) is 0 Å². The Morgan fingerprint density at radius 3 is 2.75 bits per heavy atom. The second-order valence-electron chi connectivity index (χ2n) is 2.92. The number of hydrogen-bond acceptors (Lipinski definition) is 5. The molecule has 0 radical (unpaired) electrons. The molecule has 0 aliphatic carbocycles. The fourth-order valence-corrected chi connectivity index (χ4v) is 1.15. The minimum atomic E-state index is -1.28. The molecule has 2 rings (SSSR count). The first-order valence-electron chi connectivity index (χ1n) is 4.24. The summed E-state index contributed by atoms with van der Waals surface area (Å²) in [6.45, 7) is 0.439. The number of aromatic nitrogens is 4. The molecule has 0 amide bonds. The number of aromatic carboxylic acids is 1. The summed E-state index contributed by atoms with van der Waals surface area (Å²) in [5, 5.41) is 10.5. The molecule has 0 bridgehead atoms. The van der Waals surface area contributed by atoms with Crippen LogP contribution in [-0.4, -0.2) is 25.5 Å². The van der Waals surface area contributed by atoms with E-state index in [0.29, 0.717) is 6.54 Å². The Hall–Kier alpha value is -1.24. The molecular weight excluding hydrogens is 219 g/mol. The van der Waals surface area contributed by atoms with Crippen molar-refractivity contribution >= 4 is 5.97 Å². The van der Waals surface area contributed by atoms with Crippen LogP contribution in [0.4, 0.5) is 0 Å². The van der Waals surface area contributed by atoms with Crippen LogP contribution in [0.2, 0.25) is 0 Å². The average Bonchev–Trinajstić information content (AvgIpc) is 2.68. The summed E-state index contributed by atoms with van der Waals surface area (Å²) < 4.78 is 1.61. The van der Waals surface area contributed by atoms with Gasteiger partial charge in [-0.05, 0) is 0 Å². The van der Waals surface area contributed by atoms with Gasteiger partial charge in [-0.15, -0.1) is 0 Å². The van der Waals surface area contributed by atoms with Crippen LogP contribution in [0.3, 0.4) is 0 Å². The summed E-state index contributed by atoms with van der Waals surface area (Å²) in [6.07, 6.45) is 7.57. The average molecular weight is 226 g/mol. The van der Waals surface area contributed by atoms with Crippen LogP contribution in [0, 0.1) is 0 Å². The topological polar surface area (TPSA) is 83.7 Å². The van der Waals surface area contributed by atoms with E-state index in [-0.39, 0.29) is 35.3 Å². The first kappa shape index (κ1) is 12.8. The molecule has 0 atom stereocenters. The van der Waals surface area contributed by atoms with E-state index in [0.717, 1.165) is 5.69 Å². The predicted octanol–water partition coefficient (Wildman–Crippen LogP) is -3.91. The SMILES string of the molecule is O=C([O-])c1cn(Cc2cnccn2)cn1.[Na+]. The molecule has 0 saturated carbocycles. The van der Waals surface area contributed by atoms with Gasteiger partial charge in [0.2, 0.25) is 0 Å². The molecule has 0 aromatic carbocycles. The quantitative estimate of drug-likeness (QED) is 0.499. The molecule has 16 heavy (non-hydrogen) atoms. The van der Waals surface area contributed by atoms with Gasteiger partial charge in [0, 0.05) is 18.6 Å². The third kappa shape index (κ3) is 3.13. The Morgan fingerprint density at radius 1 is 1.38 bits per heavy atom. The summed E-state index contributed by atoms with van der Waals surface area (Å²) in [5.41, 5.74) is 0.652. The molecule has 0 saturated heterocycles. The normalized spacial score (nSPS) is 9.50. The smallest absolute Gasteiger partial charge is 0.543 e. The Morgan fingerprint density at radius 2 is 2.19 bits per heavy atom. The zero-order valence-electron chi connectivity index (χ0n) is 8.70. The third-order valence-electron chi connectivity index (χ3n) is 1.80. The van der Waals surface area contributed by atoms with Crippen LogP contribution in [0.25, 0.3) is 0 Å². The molecule has 6 nitrogen and oxygen atoms in total. The number of carbonyl (C=O) groups is 1. The Labute approximate surface area is 114 Å². The van der Waals surface area contributed by atoms with Crippen molar-refractivity contribution in [1.29, 1.82) is 0 Å². The van der Waals surface area contributed by atoms with Crippen LogP contribution in [0.5, 0.6) is 0 Å². The number of nitrogens with zero attached hydrogens (tertiary/aromatic N) is 4. The maximum atomic E-state index is 10.5. The van der Waals surface area contributed by atoms with Crippen molar-refractivity contribution in [3.05, 3.63) is 42.5 Å². The van der Waals surface area contributed by atoms with Crippen molar-refractivity contribution in [2.75, 3.05) is 0 Å². The van der Waals surface area contributed by atoms with Gasteiger partial charge in [0.25, 0.3) is 0 Å². The number of carboxylic acid groups (broad SMARTS) is 1. The van der Waals surface area contributed by atoms with Crippen molar-refractivity contribution < 1.29 is 39.5 Å². The molecule has 2 heterocycles. The number of carboxylic acids is 1. The molecule has 0 N–H and O–H groups in total. The third-order valence-corrected chi connectivity index (χ3v) is 1.80. The van der Waals surface area contributed by atoms with Crippen molar-refractivity contribution in [2.45, 2.75) is 6.54 Å². The second-order valence-corrected chi connectivity index (χ2v) is 2.92. The van der Waals surface area contributed by atoms with Crippen molar-refractivity contribution in [3.8, 4) is 0 Å².